The number of nitrogens with one attached hydrogen (secondary N) is 2. The molecule has 3 aromatic rings. The SMILES string of the molecule is CC(=O)c1cccc(NC(=O)c2ccc(NCc3ccc(F)cc3)cn2)c1. The summed E-state index contributed by atoms with van der Waals surface area (Å²) in [6, 6.07) is 16.3. The summed E-state index contributed by atoms with van der Waals surface area (Å²) in [7, 11) is 0. The fourth-order valence-electron chi connectivity index (χ4n) is 2.45. The molecule has 0 fully saturated rings. The van der Waals surface area contributed by atoms with Crippen LogP contribution in [0.3, 0.4) is 0 Å². The zero-order valence-corrected chi connectivity index (χ0v) is 14.7. The second kappa shape index (κ2) is 8.23. The maximum Gasteiger partial charge on any atom is 0.274 e. The lowest BCUT2D eigenvalue weighted by Crippen LogP contribution is -2.14. The minimum Gasteiger partial charge on any atom is -0.380 e. The molecule has 136 valence electrons. The lowest BCUT2D eigenvalue weighted by molar-refractivity contribution is 0.100. The van der Waals surface area contributed by atoms with Crippen LogP contribution in [0.25, 0.3) is 0 Å². The van der Waals surface area contributed by atoms with Crippen molar-refractivity contribution in [1.82, 2.24) is 4.98 Å². The average molecular weight is 363 g/mol. The standard InChI is InChI=1S/C21H18FN3O2/c1-14(26)16-3-2-4-18(11-16)25-21(27)20-10-9-19(13-24-20)23-12-15-5-7-17(22)8-6-15/h2-11,13,23H,12H2,1H3,(H,25,27). The Balaban J connectivity index is 1.60. The van der Waals surface area contributed by atoms with Crippen molar-refractivity contribution in [3.8, 4) is 0 Å². The van der Waals surface area contributed by atoms with E-state index in [1.807, 2.05) is 0 Å². The second-order valence-electron chi connectivity index (χ2n) is 6.00. The number of benzene rings is 2. The van der Waals surface area contributed by atoms with Gasteiger partial charge in [-0.2, -0.15) is 0 Å². The molecule has 0 unspecified atom stereocenters. The summed E-state index contributed by atoms with van der Waals surface area (Å²) in [5.41, 5.74) is 3.00. The van der Waals surface area contributed by atoms with Gasteiger partial charge in [0.15, 0.2) is 5.78 Å². The van der Waals surface area contributed by atoms with E-state index in [4.69, 9.17) is 0 Å². The minimum atomic E-state index is -0.360. The molecule has 0 radical (unpaired) electrons. The molecule has 0 atom stereocenters. The van der Waals surface area contributed by atoms with Gasteiger partial charge in [0.05, 0.1) is 11.9 Å². The molecule has 2 aromatic carbocycles. The minimum absolute atomic E-state index is 0.0687. The first-order chi connectivity index (χ1) is 13.0. The fourth-order valence-corrected chi connectivity index (χ4v) is 2.45. The van der Waals surface area contributed by atoms with Gasteiger partial charge in [-0.1, -0.05) is 24.3 Å². The number of carbonyl (C=O) groups excluding carboxylic acids is 2. The third-order valence-electron chi connectivity index (χ3n) is 3.93. The van der Waals surface area contributed by atoms with Crippen LogP contribution in [0.1, 0.15) is 33.3 Å². The van der Waals surface area contributed by atoms with Gasteiger partial charge in [0.2, 0.25) is 0 Å². The van der Waals surface area contributed by atoms with Gasteiger partial charge in [-0.05, 0) is 48.9 Å². The number of hydrogen-bond acceptors (Lipinski definition) is 4. The number of hydrogen-bond donors (Lipinski definition) is 2. The number of carbonyl (C=O) groups is 2. The summed E-state index contributed by atoms with van der Waals surface area (Å²) in [5.74, 6) is -0.703. The van der Waals surface area contributed by atoms with E-state index in [0.29, 0.717) is 17.8 Å². The van der Waals surface area contributed by atoms with E-state index in [9.17, 15) is 14.0 Å². The van der Waals surface area contributed by atoms with Gasteiger partial charge in [0.25, 0.3) is 5.91 Å². The van der Waals surface area contributed by atoms with Gasteiger partial charge in [-0.3, -0.25) is 9.59 Å². The predicted molar refractivity (Wildman–Crippen MR) is 102 cm³/mol. The van der Waals surface area contributed by atoms with Crippen molar-refractivity contribution < 1.29 is 14.0 Å². The Morgan fingerprint density at radius 2 is 1.78 bits per heavy atom. The Bertz CT molecular complexity index is 954. The van der Waals surface area contributed by atoms with Crippen LogP contribution in [0, 0.1) is 5.82 Å². The van der Waals surface area contributed by atoms with E-state index in [2.05, 4.69) is 15.6 Å². The summed E-state index contributed by atoms with van der Waals surface area (Å²) >= 11 is 0. The van der Waals surface area contributed by atoms with E-state index < -0.39 is 0 Å². The molecule has 0 saturated heterocycles. The number of halogens is 1. The first kappa shape index (κ1) is 18.3. The summed E-state index contributed by atoms with van der Waals surface area (Å²) in [5, 5.41) is 5.89. The Labute approximate surface area is 156 Å². The molecule has 6 heteroatoms. The smallest absolute Gasteiger partial charge is 0.274 e. The molecule has 0 aliphatic rings. The Morgan fingerprint density at radius 1 is 1.00 bits per heavy atom. The van der Waals surface area contributed by atoms with E-state index in [1.54, 1.807) is 54.7 Å². The van der Waals surface area contributed by atoms with Crippen LogP contribution in [0.5, 0.6) is 0 Å². The number of pyridine rings is 1. The summed E-state index contributed by atoms with van der Waals surface area (Å²) in [4.78, 5) is 27.9. The number of ketones is 1. The van der Waals surface area contributed by atoms with E-state index in [1.165, 1.54) is 19.1 Å². The lowest BCUT2D eigenvalue weighted by Gasteiger charge is -2.08. The van der Waals surface area contributed by atoms with Gasteiger partial charge >= 0.3 is 0 Å². The molecule has 1 amide bonds. The molecule has 3 rings (SSSR count). The Morgan fingerprint density at radius 3 is 2.44 bits per heavy atom. The molecule has 5 nitrogen and oxygen atoms in total. The molecule has 1 aromatic heterocycles. The van der Waals surface area contributed by atoms with Gasteiger partial charge in [0.1, 0.15) is 11.5 Å². The molecule has 2 N–H and O–H groups in total. The molecule has 1 heterocycles. The van der Waals surface area contributed by atoms with Crippen LogP contribution in [0.15, 0.2) is 66.9 Å². The van der Waals surface area contributed by atoms with Gasteiger partial charge in [0, 0.05) is 17.8 Å². The second-order valence-corrected chi connectivity index (χ2v) is 6.00. The fraction of sp³-hybridized carbons (Fsp3) is 0.0952. The molecule has 0 aliphatic carbocycles. The van der Waals surface area contributed by atoms with Crippen LogP contribution < -0.4 is 10.6 Å². The van der Waals surface area contributed by atoms with Gasteiger partial charge in [-0.25, -0.2) is 9.37 Å². The highest BCUT2D eigenvalue weighted by Gasteiger charge is 2.09. The number of anilines is 2. The lowest BCUT2D eigenvalue weighted by atomic mass is 10.1. The molecule has 0 saturated carbocycles. The van der Waals surface area contributed by atoms with Crippen LogP contribution in [-0.2, 0) is 6.54 Å². The first-order valence-electron chi connectivity index (χ1n) is 8.38. The van der Waals surface area contributed by atoms with Crippen LogP contribution in [0.4, 0.5) is 15.8 Å². The van der Waals surface area contributed by atoms with Crippen molar-refractivity contribution in [1.29, 1.82) is 0 Å². The predicted octanol–water partition coefficient (Wildman–Crippen LogP) is 4.29. The highest BCUT2D eigenvalue weighted by molar-refractivity contribution is 6.04. The van der Waals surface area contributed by atoms with Crippen LogP contribution in [0.2, 0.25) is 0 Å². The maximum absolute atomic E-state index is 12.9. The molecule has 0 aliphatic heterocycles. The van der Waals surface area contributed by atoms with Crippen molar-refractivity contribution >= 4 is 23.1 Å². The molecular weight excluding hydrogens is 345 g/mol. The van der Waals surface area contributed by atoms with Crippen molar-refractivity contribution in [3.63, 3.8) is 0 Å². The molecule has 0 spiro atoms. The highest BCUT2D eigenvalue weighted by atomic mass is 19.1. The molecule has 0 bridgehead atoms. The Hall–Kier alpha value is -3.54. The van der Waals surface area contributed by atoms with E-state index in [0.717, 1.165) is 11.3 Å². The first-order valence-corrected chi connectivity index (χ1v) is 8.38. The maximum atomic E-state index is 12.9. The van der Waals surface area contributed by atoms with Crippen LogP contribution >= 0.6 is 0 Å². The molecule has 27 heavy (non-hydrogen) atoms. The third-order valence-corrected chi connectivity index (χ3v) is 3.93. The number of amides is 1. The quantitative estimate of drug-likeness (QED) is 0.641. The summed E-state index contributed by atoms with van der Waals surface area (Å²) in [6.45, 7) is 1.99. The van der Waals surface area contributed by atoms with E-state index >= 15 is 0 Å². The monoisotopic (exact) mass is 363 g/mol. The van der Waals surface area contributed by atoms with Crippen molar-refractivity contribution in [2.45, 2.75) is 13.5 Å². The molecular formula is C21H18FN3O2. The third kappa shape index (κ3) is 4.98. The van der Waals surface area contributed by atoms with E-state index in [-0.39, 0.29) is 23.2 Å². The summed E-state index contributed by atoms with van der Waals surface area (Å²) < 4.78 is 12.9. The average Bonchev–Trinajstić information content (AvgIpc) is 2.68. The van der Waals surface area contributed by atoms with Gasteiger partial charge < -0.3 is 10.6 Å². The highest BCUT2D eigenvalue weighted by Crippen LogP contribution is 2.14. The van der Waals surface area contributed by atoms with Crippen molar-refractivity contribution in [2.75, 3.05) is 10.6 Å². The van der Waals surface area contributed by atoms with Crippen molar-refractivity contribution in [3.05, 3.63) is 89.5 Å². The van der Waals surface area contributed by atoms with Crippen molar-refractivity contribution in [2.24, 2.45) is 0 Å². The normalized spacial score (nSPS) is 10.3. The number of Topliss-reactive ketones (excluding diaryl/α,β-unsaturated/α-hetero) is 1. The Kier molecular flexibility index (Phi) is 5.56. The zero-order chi connectivity index (χ0) is 19.2. The van der Waals surface area contributed by atoms with Gasteiger partial charge in [-0.15, -0.1) is 0 Å². The number of rotatable bonds is 6. The van der Waals surface area contributed by atoms with Crippen LogP contribution in [-0.4, -0.2) is 16.7 Å². The topological polar surface area (TPSA) is 71.1 Å². The number of nitrogens with zero attached hydrogens (tertiary/aromatic N) is 1. The summed E-state index contributed by atoms with van der Waals surface area (Å²) in [6.07, 6.45) is 1.56. The number of aromatic nitrogens is 1. The zero-order valence-electron chi connectivity index (χ0n) is 14.7. The largest absolute Gasteiger partial charge is 0.380 e.